The van der Waals surface area contributed by atoms with E-state index in [1.807, 2.05) is 0 Å². The van der Waals surface area contributed by atoms with Crippen molar-refractivity contribution in [3.05, 3.63) is 35.6 Å². The maximum absolute atomic E-state index is 12.8. The number of benzene rings is 1. The van der Waals surface area contributed by atoms with Crippen LogP contribution in [0.2, 0.25) is 0 Å². The Hall–Kier alpha value is -1.91. The Bertz CT molecular complexity index is 510. The lowest BCUT2D eigenvalue weighted by atomic mass is 9.86. The first-order chi connectivity index (χ1) is 11.1. The van der Waals surface area contributed by atoms with Crippen molar-refractivity contribution >= 4 is 11.8 Å². The Morgan fingerprint density at radius 3 is 2.35 bits per heavy atom. The first-order valence-electron chi connectivity index (χ1n) is 8.45. The summed E-state index contributed by atoms with van der Waals surface area (Å²) in [5, 5.41) is 0. The molecule has 23 heavy (non-hydrogen) atoms. The molecule has 0 spiro atoms. The number of amides is 2. The fourth-order valence-corrected chi connectivity index (χ4v) is 3.06. The van der Waals surface area contributed by atoms with E-state index < -0.39 is 0 Å². The Kier molecular flexibility index (Phi) is 7.04. The summed E-state index contributed by atoms with van der Waals surface area (Å²) in [5.41, 5.74) is 5.55. The molecule has 0 atom stereocenters. The predicted octanol–water partition coefficient (Wildman–Crippen LogP) is 3.27. The van der Waals surface area contributed by atoms with Gasteiger partial charge < -0.3 is 0 Å². The molecule has 1 aliphatic carbocycles. The second-order valence-electron chi connectivity index (χ2n) is 6.30. The smallest absolute Gasteiger partial charge is 0.242 e. The zero-order chi connectivity index (χ0) is 16.5. The summed E-state index contributed by atoms with van der Waals surface area (Å²) >= 11 is 0. The van der Waals surface area contributed by atoms with Crippen molar-refractivity contribution < 1.29 is 14.0 Å². The molecular weight excluding hydrogens is 295 g/mol. The summed E-state index contributed by atoms with van der Waals surface area (Å²) in [5.74, 6) is -0.0319. The highest BCUT2D eigenvalue weighted by Gasteiger charge is 2.13. The third-order valence-corrected chi connectivity index (χ3v) is 4.36. The zero-order valence-corrected chi connectivity index (χ0v) is 13.4. The molecule has 4 nitrogen and oxygen atoms in total. The summed E-state index contributed by atoms with van der Waals surface area (Å²) < 4.78 is 12.8. The number of rotatable bonds is 6. The van der Waals surface area contributed by atoms with Crippen LogP contribution < -0.4 is 10.9 Å². The van der Waals surface area contributed by atoms with Crippen LogP contribution in [0.1, 0.15) is 56.9 Å². The third kappa shape index (κ3) is 6.80. The highest BCUT2D eigenvalue weighted by molar-refractivity contribution is 5.83. The van der Waals surface area contributed by atoms with Gasteiger partial charge in [-0.25, -0.2) is 4.39 Å². The molecule has 1 saturated carbocycles. The van der Waals surface area contributed by atoms with Crippen LogP contribution in [0.4, 0.5) is 4.39 Å². The van der Waals surface area contributed by atoms with Crippen LogP contribution in [0.15, 0.2) is 24.3 Å². The van der Waals surface area contributed by atoms with Crippen LogP contribution in [-0.4, -0.2) is 11.8 Å². The van der Waals surface area contributed by atoms with Crippen LogP contribution in [0.25, 0.3) is 0 Å². The molecule has 0 heterocycles. The summed E-state index contributed by atoms with van der Waals surface area (Å²) in [4.78, 5) is 23.4. The normalized spacial score (nSPS) is 15.2. The minimum Gasteiger partial charge on any atom is -0.273 e. The highest BCUT2D eigenvalue weighted by Crippen LogP contribution is 2.27. The minimum absolute atomic E-state index is 0.114. The first-order valence-corrected chi connectivity index (χ1v) is 8.45. The molecule has 1 aromatic rings. The first kappa shape index (κ1) is 17.4. The maximum atomic E-state index is 12.8. The topological polar surface area (TPSA) is 58.2 Å². The maximum Gasteiger partial charge on any atom is 0.242 e. The second-order valence-corrected chi connectivity index (χ2v) is 6.30. The van der Waals surface area contributed by atoms with Gasteiger partial charge in [0.05, 0.1) is 6.42 Å². The molecule has 0 unspecified atom stereocenters. The molecule has 0 radical (unpaired) electrons. The van der Waals surface area contributed by atoms with Gasteiger partial charge in [0.25, 0.3) is 0 Å². The van der Waals surface area contributed by atoms with Crippen molar-refractivity contribution in [1.29, 1.82) is 0 Å². The largest absolute Gasteiger partial charge is 0.273 e. The quantitative estimate of drug-likeness (QED) is 0.790. The number of halogens is 1. The van der Waals surface area contributed by atoms with Gasteiger partial charge in [-0.05, 0) is 36.5 Å². The molecule has 0 bridgehead atoms. The van der Waals surface area contributed by atoms with Crippen molar-refractivity contribution in [2.45, 2.75) is 57.8 Å². The Balaban J connectivity index is 1.58. The van der Waals surface area contributed by atoms with Gasteiger partial charge in [0.2, 0.25) is 11.8 Å². The average molecular weight is 320 g/mol. The number of hydrogen-bond acceptors (Lipinski definition) is 2. The van der Waals surface area contributed by atoms with E-state index >= 15 is 0 Å². The average Bonchev–Trinajstić information content (AvgIpc) is 2.56. The lowest BCUT2D eigenvalue weighted by Crippen LogP contribution is -2.42. The van der Waals surface area contributed by atoms with E-state index in [-0.39, 0.29) is 24.1 Å². The molecule has 0 saturated heterocycles. The van der Waals surface area contributed by atoms with E-state index in [9.17, 15) is 14.0 Å². The molecule has 0 aromatic heterocycles. The molecule has 5 heteroatoms. The van der Waals surface area contributed by atoms with Crippen molar-refractivity contribution in [3.63, 3.8) is 0 Å². The van der Waals surface area contributed by atoms with E-state index in [1.165, 1.54) is 44.2 Å². The molecule has 2 N–H and O–H groups in total. The third-order valence-electron chi connectivity index (χ3n) is 4.36. The van der Waals surface area contributed by atoms with Gasteiger partial charge >= 0.3 is 0 Å². The molecule has 1 aliphatic rings. The Morgan fingerprint density at radius 1 is 1.00 bits per heavy atom. The van der Waals surface area contributed by atoms with Crippen LogP contribution in [-0.2, 0) is 16.0 Å². The SMILES string of the molecule is O=C(CCCC1CCCCC1)NNC(=O)Cc1ccc(F)cc1. The molecule has 2 rings (SSSR count). The molecule has 2 amide bonds. The van der Waals surface area contributed by atoms with Gasteiger partial charge in [-0.3, -0.25) is 20.4 Å². The monoisotopic (exact) mass is 320 g/mol. The lowest BCUT2D eigenvalue weighted by molar-refractivity contribution is -0.128. The van der Waals surface area contributed by atoms with Crippen molar-refractivity contribution in [2.24, 2.45) is 5.92 Å². The summed E-state index contributed by atoms with van der Waals surface area (Å²) in [6.45, 7) is 0. The van der Waals surface area contributed by atoms with Gasteiger partial charge in [-0.1, -0.05) is 44.2 Å². The van der Waals surface area contributed by atoms with E-state index in [0.29, 0.717) is 12.0 Å². The fourth-order valence-electron chi connectivity index (χ4n) is 3.06. The minimum atomic E-state index is -0.333. The van der Waals surface area contributed by atoms with Crippen molar-refractivity contribution in [1.82, 2.24) is 10.9 Å². The molecular formula is C18H25FN2O2. The van der Waals surface area contributed by atoms with E-state index in [2.05, 4.69) is 10.9 Å². The van der Waals surface area contributed by atoms with Crippen molar-refractivity contribution in [2.75, 3.05) is 0 Å². The van der Waals surface area contributed by atoms with E-state index in [0.717, 1.165) is 18.8 Å². The molecule has 0 aliphatic heterocycles. The molecule has 1 fully saturated rings. The van der Waals surface area contributed by atoms with Crippen LogP contribution in [0.5, 0.6) is 0 Å². The van der Waals surface area contributed by atoms with Crippen molar-refractivity contribution in [3.8, 4) is 0 Å². The number of carbonyl (C=O) groups excluding carboxylic acids is 2. The Labute approximate surface area is 136 Å². The number of carbonyl (C=O) groups is 2. The van der Waals surface area contributed by atoms with Crippen LogP contribution >= 0.6 is 0 Å². The second kappa shape index (κ2) is 9.28. The predicted molar refractivity (Wildman–Crippen MR) is 86.8 cm³/mol. The highest BCUT2D eigenvalue weighted by atomic mass is 19.1. The lowest BCUT2D eigenvalue weighted by Gasteiger charge is -2.21. The zero-order valence-electron chi connectivity index (χ0n) is 13.4. The Morgan fingerprint density at radius 2 is 1.65 bits per heavy atom. The number of hydrazine groups is 1. The van der Waals surface area contributed by atoms with Gasteiger partial charge in [-0.2, -0.15) is 0 Å². The van der Waals surface area contributed by atoms with Crippen LogP contribution in [0.3, 0.4) is 0 Å². The number of nitrogens with one attached hydrogen (secondary N) is 2. The van der Waals surface area contributed by atoms with Gasteiger partial charge in [0, 0.05) is 6.42 Å². The molecule has 126 valence electrons. The van der Waals surface area contributed by atoms with Gasteiger partial charge in [-0.15, -0.1) is 0 Å². The standard InChI is InChI=1S/C18H25FN2O2/c19-16-11-9-15(10-12-16)13-18(23)21-20-17(22)8-4-7-14-5-2-1-3-6-14/h9-12,14H,1-8,13H2,(H,20,22)(H,21,23). The van der Waals surface area contributed by atoms with Gasteiger partial charge in [0.15, 0.2) is 0 Å². The van der Waals surface area contributed by atoms with E-state index in [4.69, 9.17) is 0 Å². The fraction of sp³-hybridized carbons (Fsp3) is 0.556. The van der Waals surface area contributed by atoms with E-state index in [1.54, 1.807) is 12.1 Å². The molecule has 1 aromatic carbocycles. The summed E-state index contributed by atoms with van der Waals surface area (Å²) in [6, 6.07) is 5.74. The number of hydrogen-bond donors (Lipinski definition) is 2. The van der Waals surface area contributed by atoms with Gasteiger partial charge in [0.1, 0.15) is 5.82 Å². The summed E-state index contributed by atoms with van der Waals surface area (Å²) in [7, 11) is 0. The summed E-state index contributed by atoms with van der Waals surface area (Å²) in [6.07, 6.45) is 9.06. The van der Waals surface area contributed by atoms with Crippen LogP contribution in [0, 0.1) is 11.7 Å².